The van der Waals surface area contributed by atoms with Gasteiger partial charge >= 0.3 is 0 Å². The molecule has 0 saturated heterocycles. The molecular formula is C14H19ClN2O2S3. The average molecular weight is 379 g/mol. The number of thiophene rings is 1. The van der Waals surface area contributed by atoms with Crippen LogP contribution >= 0.6 is 35.2 Å². The number of nitrogens with one attached hydrogen (secondary N) is 1. The maximum Gasteiger partial charge on any atom is 0.250 e. The number of fused-ring (bicyclic) bond motifs is 2. The highest BCUT2D eigenvalue weighted by atomic mass is 35.5. The Kier molecular flexibility index (Phi) is 4.55. The van der Waals surface area contributed by atoms with E-state index in [-0.39, 0.29) is 15.7 Å². The van der Waals surface area contributed by atoms with Crippen molar-refractivity contribution in [1.29, 1.82) is 0 Å². The van der Waals surface area contributed by atoms with Gasteiger partial charge in [0.15, 0.2) is 0 Å². The second kappa shape index (κ2) is 6.02. The number of rotatable bonds is 4. The SMILES string of the molecule is NC(=S)[C@@]12CCCC[C@@H](CC1)[C@@H]2NS(=O)(=O)c1ccc(Cl)s1. The van der Waals surface area contributed by atoms with Gasteiger partial charge in [0.2, 0.25) is 10.0 Å². The summed E-state index contributed by atoms with van der Waals surface area (Å²) in [6.45, 7) is 0. The van der Waals surface area contributed by atoms with Crippen molar-refractivity contribution in [3.8, 4) is 0 Å². The Morgan fingerprint density at radius 3 is 2.77 bits per heavy atom. The fourth-order valence-corrected chi connectivity index (χ4v) is 7.14. The van der Waals surface area contributed by atoms with Crippen LogP contribution in [0.15, 0.2) is 16.3 Å². The Morgan fingerprint density at radius 2 is 2.14 bits per heavy atom. The lowest BCUT2D eigenvalue weighted by atomic mass is 9.78. The molecule has 8 heteroatoms. The van der Waals surface area contributed by atoms with Crippen LogP contribution in [-0.2, 0) is 10.0 Å². The summed E-state index contributed by atoms with van der Waals surface area (Å²) in [7, 11) is -3.58. The Labute approximate surface area is 145 Å². The molecule has 0 aliphatic heterocycles. The Hall–Kier alpha value is -0.210. The van der Waals surface area contributed by atoms with E-state index in [1.807, 2.05) is 0 Å². The topological polar surface area (TPSA) is 72.2 Å². The molecule has 3 N–H and O–H groups in total. The highest BCUT2D eigenvalue weighted by molar-refractivity contribution is 7.91. The summed E-state index contributed by atoms with van der Waals surface area (Å²) < 4.78 is 29.0. The van der Waals surface area contributed by atoms with Crippen LogP contribution in [0, 0.1) is 11.3 Å². The maximum absolute atomic E-state index is 12.7. The van der Waals surface area contributed by atoms with Crippen molar-refractivity contribution < 1.29 is 8.42 Å². The van der Waals surface area contributed by atoms with Gasteiger partial charge in [-0.05, 0) is 43.7 Å². The second-order valence-electron chi connectivity index (χ2n) is 6.22. The molecule has 2 saturated carbocycles. The molecule has 2 fully saturated rings. The fourth-order valence-electron chi connectivity index (χ4n) is 3.93. The largest absolute Gasteiger partial charge is 0.393 e. The number of thiocarbonyl (C=S) groups is 1. The van der Waals surface area contributed by atoms with Crippen LogP contribution in [0.1, 0.15) is 38.5 Å². The minimum absolute atomic E-state index is 0.196. The molecule has 0 spiro atoms. The molecule has 3 rings (SSSR count). The van der Waals surface area contributed by atoms with E-state index >= 15 is 0 Å². The normalized spacial score (nSPS) is 31.9. The highest BCUT2D eigenvalue weighted by Gasteiger charge is 2.52. The number of hydrogen-bond donors (Lipinski definition) is 2. The van der Waals surface area contributed by atoms with Crippen molar-refractivity contribution in [2.24, 2.45) is 17.1 Å². The number of hydrogen-bond acceptors (Lipinski definition) is 4. The van der Waals surface area contributed by atoms with Crippen molar-refractivity contribution in [3.63, 3.8) is 0 Å². The van der Waals surface area contributed by atoms with Crippen LogP contribution in [0.2, 0.25) is 4.34 Å². The van der Waals surface area contributed by atoms with Gasteiger partial charge in [-0.25, -0.2) is 13.1 Å². The van der Waals surface area contributed by atoms with Crippen molar-refractivity contribution in [2.45, 2.75) is 48.8 Å². The van der Waals surface area contributed by atoms with Gasteiger partial charge in [-0.1, -0.05) is 36.7 Å². The van der Waals surface area contributed by atoms with Crippen LogP contribution in [-0.4, -0.2) is 19.4 Å². The van der Waals surface area contributed by atoms with Gasteiger partial charge in [0.25, 0.3) is 0 Å². The number of sulfonamides is 1. The molecule has 1 aromatic rings. The van der Waals surface area contributed by atoms with E-state index in [9.17, 15) is 8.42 Å². The summed E-state index contributed by atoms with van der Waals surface area (Å²) in [6, 6.07) is 2.95. The van der Waals surface area contributed by atoms with Crippen molar-refractivity contribution in [1.82, 2.24) is 4.72 Å². The smallest absolute Gasteiger partial charge is 0.250 e. The van der Waals surface area contributed by atoms with E-state index in [1.165, 1.54) is 0 Å². The van der Waals surface area contributed by atoms with Gasteiger partial charge in [0, 0.05) is 11.5 Å². The second-order valence-corrected chi connectivity index (χ2v) is 10.3. The predicted octanol–water partition coefficient (Wildman–Crippen LogP) is 3.30. The van der Waals surface area contributed by atoms with E-state index in [1.54, 1.807) is 12.1 Å². The van der Waals surface area contributed by atoms with Crippen LogP contribution in [0.4, 0.5) is 0 Å². The van der Waals surface area contributed by atoms with Gasteiger partial charge in [-0.15, -0.1) is 11.3 Å². The van der Waals surface area contributed by atoms with E-state index in [0.29, 0.717) is 15.2 Å². The third-order valence-corrected chi connectivity index (χ3v) is 8.63. The Morgan fingerprint density at radius 1 is 1.36 bits per heavy atom. The molecule has 0 radical (unpaired) electrons. The van der Waals surface area contributed by atoms with E-state index in [2.05, 4.69) is 4.72 Å². The molecule has 2 bridgehead atoms. The average Bonchev–Trinajstić information content (AvgIpc) is 2.93. The highest BCUT2D eigenvalue weighted by Crippen LogP contribution is 2.50. The van der Waals surface area contributed by atoms with Gasteiger partial charge in [-0.2, -0.15) is 0 Å². The molecule has 3 atom stereocenters. The van der Waals surface area contributed by atoms with Crippen LogP contribution in [0.3, 0.4) is 0 Å². The molecule has 1 heterocycles. The van der Waals surface area contributed by atoms with Gasteiger partial charge in [0.05, 0.1) is 9.32 Å². The van der Waals surface area contributed by atoms with Gasteiger partial charge < -0.3 is 5.73 Å². The molecule has 4 nitrogen and oxygen atoms in total. The summed E-state index contributed by atoms with van der Waals surface area (Å²) in [5.74, 6) is 0.314. The van der Waals surface area contributed by atoms with Crippen molar-refractivity contribution in [2.75, 3.05) is 0 Å². The lowest BCUT2D eigenvalue weighted by molar-refractivity contribution is 0.318. The van der Waals surface area contributed by atoms with Crippen molar-refractivity contribution in [3.05, 3.63) is 16.5 Å². The van der Waals surface area contributed by atoms with Crippen LogP contribution in [0.5, 0.6) is 0 Å². The van der Waals surface area contributed by atoms with E-state index in [4.69, 9.17) is 29.6 Å². The zero-order chi connectivity index (χ0) is 16.0. The molecule has 1 aromatic heterocycles. The van der Waals surface area contributed by atoms with E-state index in [0.717, 1.165) is 49.9 Å². The number of halogens is 1. The monoisotopic (exact) mass is 378 g/mol. The molecule has 0 amide bonds. The standard InChI is InChI=1S/C14H19ClN2O2S3/c15-10-4-5-11(21-10)22(18,19)17-12-9-3-1-2-7-14(12,8-6-9)13(16)20/h4-5,9,12,17H,1-3,6-8H2,(H2,16,20)/t9-,12-,14-/m0/s1. The first-order chi connectivity index (χ1) is 10.3. The maximum atomic E-state index is 12.7. The molecular weight excluding hydrogens is 360 g/mol. The van der Waals surface area contributed by atoms with Gasteiger partial charge in [-0.3, -0.25) is 0 Å². The predicted molar refractivity (Wildman–Crippen MR) is 93.8 cm³/mol. The summed E-state index contributed by atoms with van der Waals surface area (Å²) in [5, 5.41) is 0. The van der Waals surface area contributed by atoms with Crippen LogP contribution < -0.4 is 10.5 Å². The Balaban J connectivity index is 1.94. The molecule has 2 aliphatic carbocycles. The molecule has 2 aliphatic rings. The van der Waals surface area contributed by atoms with Crippen molar-refractivity contribution >= 4 is 50.2 Å². The van der Waals surface area contributed by atoms with Gasteiger partial charge in [0.1, 0.15) is 4.21 Å². The first-order valence-electron chi connectivity index (χ1n) is 7.43. The van der Waals surface area contributed by atoms with Crippen LogP contribution in [0.25, 0.3) is 0 Å². The first kappa shape index (κ1) is 16.6. The first-order valence-corrected chi connectivity index (χ1v) is 10.5. The third-order valence-electron chi connectivity index (χ3n) is 5.06. The summed E-state index contributed by atoms with van der Waals surface area (Å²) in [6.07, 6.45) is 5.93. The quantitative estimate of drug-likeness (QED) is 0.788. The summed E-state index contributed by atoms with van der Waals surface area (Å²) in [4.78, 5) is 0.453. The zero-order valence-electron chi connectivity index (χ0n) is 12.0. The fraction of sp³-hybridized carbons (Fsp3) is 0.643. The zero-order valence-corrected chi connectivity index (χ0v) is 15.3. The molecule has 122 valence electrons. The Bertz CT molecular complexity index is 688. The molecule has 22 heavy (non-hydrogen) atoms. The summed E-state index contributed by atoms with van der Waals surface area (Å²) in [5.41, 5.74) is 5.67. The lowest BCUT2D eigenvalue weighted by Crippen LogP contribution is -2.52. The number of nitrogens with two attached hydrogens (primary N) is 1. The minimum Gasteiger partial charge on any atom is -0.393 e. The molecule has 0 aromatic carbocycles. The summed E-state index contributed by atoms with van der Waals surface area (Å²) >= 11 is 12.3. The lowest BCUT2D eigenvalue weighted by Gasteiger charge is -2.35. The van der Waals surface area contributed by atoms with E-state index < -0.39 is 10.0 Å². The minimum atomic E-state index is -3.58. The third kappa shape index (κ3) is 2.82. The molecule has 0 unspecified atom stereocenters.